The van der Waals surface area contributed by atoms with Crippen molar-refractivity contribution in [2.75, 3.05) is 5.32 Å². The predicted molar refractivity (Wildman–Crippen MR) is 76.1 cm³/mol. The zero-order chi connectivity index (χ0) is 13.1. The van der Waals surface area contributed by atoms with Crippen molar-refractivity contribution >= 4 is 34.5 Å². The lowest BCUT2D eigenvalue weighted by atomic mass is 10.2. The van der Waals surface area contributed by atoms with E-state index in [1.54, 1.807) is 6.07 Å². The van der Waals surface area contributed by atoms with E-state index in [4.69, 9.17) is 17.3 Å². The number of halogens is 1. The van der Waals surface area contributed by atoms with Crippen molar-refractivity contribution in [2.45, 2.75) is 13.0 Å². The molecule has 1 unspecified atom stereocenters. The van der Waals surface area contributed by atoms with Gasteiger partial charge in [0, 0.05) is 4.88 Å². The van der Waals surface area contributed by atoms with Crippen LogP contribution in [0.3, 0.4) is 0 Å². The number of carbonyl (C=O) groups is 1. The van der Waals surface area contributed by atoms with Crippen LogP contribution in [0.25, 0.3) is 0 Å². The van der Waals surface area contributed by atoms with Crippen LogP contribution in [0.1, 0.15) is 16.5 Å². The van der Waals surface area contributed by atoms with Gasteiger partial charge >= 0.3 is 0 Å². The second-order valence-corrected chi connectivity index (χ2v) is 5.28. The van der Waals surface area contributed by atoms with Crippen molar-refractivity contribution in [2.24, 2.45) is 5.73 Å². The number of amides is 1. The second kappa shape index (κ2) is 5.52. The van der Waals surface area contributed by atoms with Crippen molar-refractivity contribution in [1.82, 2.24) is 0 Å². The summed E-state index contributed by atoms with van der Waals surface area (Å²) in [5.41, 5.74) is 7.38. The molecule has 1 aromatic heterocycles. The summed E-state index contributed by atoms with van der Waals surface area (Å²) >= 11 is 7.57. The third-order valence-electron chi connectivity index (χ3n) is 2.58. The van der Waals surface area contributed by atoms with Gasteiger partial charge in [0.2, 0.25) is 5.91 Å². The average molecular weight is 281 g/mol. The lowest BCUT2D eigenvalue weighted by Crippen LogP contribution is -2.27. The molecule has 5 heteroatoms. The Morgan fingerprint density at radius 2 is 2.17 bits per heavy atom. The number of anilines is 1. The van der Waals surface area contributed by atoms with E-state index < -0.39 is 6.04 Å². The molecular formula is C13H13ClN2OS. The van der Waals surface area contributed by atoms with Crippen LogP contribution in [0.2, 0.25) is 5.02 Å². The van der Waals surface area contributed by atoms with Gasteiger partial charge in [-0.3, -0.25) is 4.79 Å². The van der Waals surface area contributed by atoms with Crippen LogP contribution in [0.4, 0.5) is 5.69 Å². The van der Waals surface area contributed by atoms with Gasteiger partial charge in [-0.15, -0.1) is 11.3 Å². The molecule has 3 nitrogen and oxygen atoms in total. The molecule has 0 aliphatic carbocycles. The van der Waals surface area contributed by atoms with Crippen molar-refractivity contribution < 1.29 is 4.79 Å². The standard InChI is InChI=1S/C13H13ClN2OS/c1-8-4-2-5-9(11(8)14)16-13(17)12(15)10-6-3-7-18-10/h2-7,12H,15H2,1H3,(H,16,17). The zero-order valence-corrected chi connectivity index (χ0v) is 11.4. The highest BCUT2D eigenvalue weighted by Crippen LogP contribution is 2.26. The van der Waals surface area contributed by atoms with Crippen LogP contribution in [-0.2, 0) is 4.79 Å². The van der Waals surface area contributed by atoms with Gasteiger partial charge in [-0.1, -0.05) is 29.8 Å². The summed E-state index contributed by atoms with van der Waals surface area (Å²) in [7, 11) is 0. The summed E-state index contributed by atoms with van der Waals surface area (Å²) in [6.07, 6.45) is 0. The number of rotatable bonds is 3. The van der Waals surface area contributed by atoms with Crippen LogP contribution in [0.5, 0.6) is 0 Å². The Kier molecular flexibility index (Phi) is 4.01. The molecule has 0 spiro atoms. The first-order valence-corrected chi connectivity index (χ1v) is 6.70. The van der Waals surface area contributed by atoms with E-state index in [0.29, 0.717) is 10.7 Å². The SMILES string of the molecule is Cc1cccc(NC(=O)C(N)c2cccs2)c1Cl. The Morgan fingerprint density at radius 1 is 1.39 bits per heavy atom. The molecule has 1 heterocycles. The summed E-state index contributed by atoms with van der Waals surface area (Å²) in [6, 6.07) is 8.53. The molecule has 1 atom stereocenters. The van der Waals surface area contributed by atoms with Gasteiger partial charge in [0.05, 0.1) is 10.7 Å². The number of nitrogens with two attached hydrogens (primary N) is 1. The number of aryl methyl sites for hydroxylation is 1. The van der Waals surface area contributed by atoms with Gasteiger partial charge in [-0.25, -0.2) is 0 Å². The maximum atomic E-state index is 12.0. The number of thiophene rings is 1. The lowest BCUT2D eigenvalue weighted by Gasteiger charge is -2.12. The van der Waals surface area contributed by atoms with Gasteiger partial charge in [0.15, 0.2) is 0 Å². The van der Waals surface area contributed by atoms with Gasteiger partial charge in [0.1, 0.15) is 6.04 Å². The van der Waals surface area contributed by atoms with E-state index in [0.717, 1.165) is 10.4 Å². The third-order valence-corrected chi connectivity index (χ3v) is 4.04. The van der Waals surface area contributed by atoms with E-state index in [2.05, 4.69) is 5.32 Å². The molecular weight excluding hydrogens is 268 g/mol. The molecule has 1 aromatic carbocycles. The first-order valence-electron chi connectivity index (χ1n) is 5.44. The molecule has 94 valence electrons. The van der Waals surface area contributed by atoms with E-state index in [1.165, 1.54) is 11.3 Å². The molecule has 18 heavy (non-hydrogen) atoms. The molecule has 0 radical (unpaired) electrons. The minimum Gasteiger partial charge on any atom is -0.323 e. The number of hydrogen-bond donors (Lipinski definition) is 2. The fourth-order valence-corrected chi connectivity index (χ4v) is 2.45. The third kappa shape index (κ3) is 2.72. The minimum absolute atomic E-state index is 0.259. The quantitative estimate of drug-likeness (QED) is 0.906. The van der Waals surface area contributed by atoms with Crippen LogP contribution < -0.4 is 11.1 Å². The molecule has 0 saturated carbocycles. The molecule has 2 rings (SSSR count). The second-order valence-electron chi connectivity index (χ2n) is 3.92. The molecule has 1 amide bonds. The van der Waals surface area contributed by atoms with E-state index in [-0.39, 0.29) is 5.91 Å². The molecule has 0 aliphatic heterocycles. The molecule has 0 aliphatic rings. The molecule has 3 N–H and O–H groups in total. The Bertz CT molecular complexity index is 554. The van der Waals surface area contributed by atoms with Crippen LogP contribution in [-0.4, -0.2) is 5.91 Å². The van der Waals surface area contributed by atoms with Gasteiger partial charge < -0.3 is 11.1 Å². The first kappa shape index (κ1) is 13.1. The fourth-order valence-electron chi connectivity index (χ4n) is 1.55. The van der Waals surface area contributed by atoms with Crippen molar-refractivity contribution in [3.63, 3.8) is 0 Å². The average Bonchev–Trinajstić information content (AvgIpc) is 2.87. The zero-order valence-electron chi connectivity index (χ0n) is 9.81. The summed E-state index contributed by atoms with van der Waals surface area (Å²) < 4.78 is 0. The van der Waals surface area contributed by atoms with Gasteiger partial charge in [-0.2, -0.15) is 0 Å². The Labute approximate surface area is 115 Å². The number of benzene rings is 1. The maximum Gasteiger partial charge on any atom is 0.246 e. The smallest absolute Gasteiger partial charge is 0.246 e. The molecule has 0 fully saturated rings. The van der Waals surface area contributed by atoms with Gasteiger partial charge in [-0.05, 0) is 30.0 Å². The Morgan fingerprint density at radius 3 is 2.83 bits per heavy atom. The van der Waals surface area contributed by atoms with E-state index in [1.807, 2.05) is 36.6 Å². The lowest BCUT2D eigenvalue weighted by molar-refractivity contribution is -0.117. The van der Waals surface area contributed by atoms with E-state index >= 15 is 0 Å². The van der Waals surface area contributed by atoms with E-state index in [9.17, 15) is 4.79 Å². The summed E-state index contributed by atoms with van der Waals surface area (Å²) in [5.74, 6) is -0.259. The van der Waals surface area contributed by atoms with Crippen LogP contribution in [0, 0.1) is 6.92 Å². The van der Waals surface area contributed by atoms with Crippen molar-refractivity contribution in [3.8, 4) is 0 Å². The molecule has 0 saturated heterocycles. The minimum atomic E-state index is -0.665. The summed E-state index contributed by atoms with van der Waals surface area (Å²) in [5, 5.41) is 5.19. The van der Waals surface area contributed by atoms with Crippen LogP contribution >= 0.6 is 22.9 Å². The first-order chi connectivity index (χ1) is 8.59. The largest absolute Gasteiger partial charge is 0.323 e. The summed E-state index contributed by atoms with van der Waals surface area (Å²) in [6.45, 7) is 1.89. The molecule has 0 bridgehead atoms. The highest BCUT2D eigenvalue weighted by Gasteiger charge is 2.17. The predicted octanol–water partition coefficient (Wildman–Crippen LogP) is 3.35. The topological polar surface area (TPSA) is 55.1 Å². The maximum absolute atomic E-state index is 12.0. The summed E-state index contributed by atoms with van der Waals surface area (Å²) in [4.78, 5) is 12.8. The van der Waals surface area contributed by atoms with Gasteiger partial charge in [0.25, 0.3) is 0 Å². The normalized spacial score (nSPS) is 12.2. The monoisotopic (exact) mass is 280 g/mol. The van der Waals surface area contributed by atoms with Crippen molar-refractivity contribution in [3.05, 3.63) is 51.2 Å². The number of hydrogen-bond acceptors (Lipinski definition) is 3. The highest BCUT2D eigenvalue weighted by atomic mass is 35.5. The Hall–Kier alpha value is -1.36. The van der Waals surface area contributed by atoms with Crippen LogP contribution in [0.15, 0.2) is 35.7 Å². The fraction of sp³-hybridized carbons (Fsp3) is 0.154. The van der Waals surface area contributed by atoms with Crippen molar-refractivity contribution in [1.29, 1.82) is 0 Å². The molecule has 2 aromatic rings. The number of nitrogens with one attached hydrogen (secondary N) is 1. The Balaban J connectivity index is 2.14. The number of carbonyl (C=O) groups excluding carboxylic acids is 1. The highest BCUT2D eigenvalue weighted by molar-refractivity contribution is 7.10.